The smallest absolute Gasteiger partial charge is 0.340 e. The Kier molecular flexibility index (Phi) is 5.86. The lowest BCUT2D eigenvalue weighted by Crippen LogP contribution is -2.15. The van der Waals surface area contributed by atoms with Crippen LogP contribution in [0.3, 0.4) is 0 Å². The van der Waals surface area contributed by atoms with E-state index in [0.717, 1.165) is 58.8 Å². The molecule has 34 heavy (non-hydrogen) atoms. The number of hydrogen-bond acceptors (Lipinski definition) is 6. The molecular weight excluding hydrogens is 434 g/mol. The molecule has 0 bridgehead atoms. The maximum Gasteiger partial charge on any atom is 0.340 e. The van der Waals surface area contributed by atoms with Gasteiger partial charge in [0.25, 0.3) is 0 Å². The van der Waals surface area contributed by atoms with Crippen molar-refractivity contribution in [3.05, 3.63) is 47.2 Å². The van der Waals surface area contributed by atoms with Crippen LogP contribution in [-0.4, -0.2) is 44.6 Å². The summed E-state index contributed by atoms with van der Waals surface area (Å²) in [5.74, 6) is 2.39. The highest BCUT2D eigenvalue weighted by molar-refractivity contribution is 6.05. The summed E-state index contributed by atoms with van der Waals surface area (Å²) in [6, 6.07) is 9.85. The predicted molar refractivity (Wildman–Crippen MR) is 128 cm³/mol. The fourth-order valence-corrected chi connectivity index (χ4v) is 5.05. The van der Waals surface area contributed by atoms with Crippen molar-refractivity contribution in [2.24, 2.45) is 0 Å². The van der Waals surface area contributed by atoms with Crippen LogP contribution < -0.4 is 18.9 Å². The van der Waals surface area contributed by atoms with E-state index in [0.29, 0.717) is 42.6 Å². The van der Waals surface area contributed by atoms with Gasteiger partial charge in [-0.05, 0) is 55.2 Å². The third-order valence-corrected chi connectivity index (χ3v) is 6.49. The molecule has 2 aliphatic heterocycles. The number of hydrogen-bond donors (Lipinski definition) is 0. The van der Waals surface area contributed by atoms with Gasteiger partial charge in [0.05, 0.1) is 32.1 Å². The van der Waals surface area contributed by atoms with Crippen molar-refractivity contribution in [1.29, 1.82) is 0 Å². The average molecular weight is 464 g/mol. The second-order valence-electron chi connectivity index (χ2n) is 8.24. The molecule has 0 saturated heterocycles. The summed E-state index contributed by atoms with van der Waals surface area (Å²) in [6.07, 6.45) is 1.59. The number of benzene rings is 2. The zero-order valence-electron chi connectivity index (χ0n) is 20.0. The van der Waals surface area contributed by atoms with Gasteiger partial charge in [0.2, 0.25) is 0 Å². The Balaban J connectivity index is 1.80. The topological polar surface area (TPSA) is 68.2 Å². The van der Waals surface area contributed by atoms with E-state index in [4.69, 9.17) is 23.7 Å². The van der Waals surface area contributed by atoms with Gasteiger partial charge < -0.3 is 28.3 Å². The molecule has 3 heterocycles. The molecule has 7 heteroatoms. The molecular formula is C27H29NO6. The van der Waals surface area contributed by atoms with E-state index in [1.807, 2.05) is 37.3 Å². The molecule has 0 amide bonds. The Hall–Kier alpha value is -3.61. The Labute approximate surface area is 199 Å². The minimum atomic E-state index is -0.335. The minimum Gasteiger partial charge on any atom is -0.493 e. The second kappa shape index (κ2) is 8.97. The average Bonchev–Trinajstić information content (AvgIpc) is 3.22. The number of nitrogens with zero attached hydrogens (tertiary/aromatic N) is 1. The van der Waals surface area contributed by atoms with Crippen molar-refractivity contribution in [3.8, 4) is 45.4 Å². The molecule has 0 spiro atoms. The van der Waals surface area contributed by atoms with Crippen LogP contribution in [-0.2, 0) is 24.1 Å². The van der Waals surface area contributed by atoms with Crippen LogP contribution in [0.25, 0.3) is 22.4 Å². The summed E-state index contributed by atoms with van der Waals surface area (Å²) in [5, 5.41) is 0. The van der Waals surface area contributed by atoms with Gasteiger partial charge in [-0.1, -0.05) is 13.0 Å². The number of aromatic nitrogens is 1. The van der Waals surface area contributed by atoms with E-state index in [-0.39, 0.29) is 5.97 Å². The molecule has 0 N–H and O–H groups in total. The monoisotopic (exact) mass is 463 g/mol. The maximum absolute atomic E-state index is 13.5. The van der Waals surface area contributed by atoms with Crippen LogP contribution >= 0.6 is 0 Å². The number of carbonyl (C=O) groups excluding carboxylic acids is 1. The van der Waals surface area contributed by atoms with Gasteiger partial charge in [0.15, 0.2) is 23.0 Å². The Morgan fingerprint density at radius 2 is 1.74 bits per heavy atom. The fourth-order valence-electron chi connectivity index (χ4n) is 5.05. The number of esters is 1. The Morgan fingerprint density at radius 1 is 1.00 bits per heavy atom. The van der Waals surface area contributed by atoms with Crippen molar-refractivity contribution in [2.45, 2.75) is 33.2 Å². The number of fused-ring (bicyclic) bond motifs is 4. The Morgan fingerprint density at radius 3 is 2.44 bits per heavy atom. The molecule has 5 rings (SSSR count). The Bertz CT molecular complexity index is 1250. The highest BCUT2D eigenvalue weighted by atomic mass is 16.6. The summed E-state index contributed by atoms with van der Waals surface area (Å²) in [7, 11) is 3.26. The first kappa shape index (κ1) is 22.2. The largest absolute Gasteiger partial charge is 0.493 e. The van der Waals surface area contributed by atoms with Gasteiger partial charge in [-0.3, -0.25) is 0 Å². The molecule has 7 nitrogen and oxygen atoms in total. The first-order valence-electron chi connectivity index (χ1n) is 11.7. The summed E-state index contributed by atoms with van der Waals surface area (Å²) >= 11 is 0. The van der Waals surface area contributed by atoms with E-state index < -0.39 is 0 Å². The molecule has 0 fully saturated rings. The third-order valence-electron chi connectivity index (χ3n) is 6.49. The van der Waals surface area contributed by atoms with Crippen LogP contribution in [0.5, 0.6) is 23.0 Å². The molecule has 0 radical (unpaired) electrons. The van der Waals surface area contributed by atoms with E-state index in [2.05, 4.69) is 11.5 Å². The summed E-state index contributed by atoms with van der Waals surface area (Å²) in [4.78, 5) is 13.5. The normalized spacial score (nSPS) is 13.6. The predicted octanol–water partition coefficient (Wildman–Crippen LogP) is 4.91. The highest BCUT2D eigenvalue weighted by Crippen LogP contribution is 2.47. The van der Waals surface area contributed by atoms with Crippen molar-refractivity contribution in [3.63, 3.8) is 0 Å². The molecule has 2 aliphatic rings. The first-order chi connectivity index (χ1) is 16.6. The molecule has 0 aliphatic carbocycles. The van der Waals surface area contributed by atoms with Gasteiger partial charge >= 0.3 is 5.97 Å². The van der Waals surface area contributed by atoms with Gasteiger partial charge in [-0.2, -0.15) is 0 Å². The van der Waals surface area contributed by atoms with Crippen LogP contribution in [0, 0.1) is 0 Å². The summed E-state index contributed by atoms with van der Waals surface area (Å²) < 4.78 is 30.5. The third kappa shape index (κ3) is 3.47. The van der Waals surface area contributed by atoms with Gasteiger partial charge in [-0.25, -0.2) is 4.79 Å². The summed E-state index contributed by atoms with van der Waals surface area (Å²) in [6.45, 7) is 6.03. The zero-order chi connectivity index (χ0) is 23.8. The van der Waals surface area contributed by atoms with Crippen LogP contribution in [0.2, 0.25) is 0 Å². The van der Waals surface area contributed by atoms with E-state index in [1.54, 1.807) is 14.2 Å². The lowest BCUT2D eigenvalue weighted by Gasteiger charge is -2.23. The standard InChI is InChI=1S/C27H29NO6/c1-5-19-24(17-7-8-20-23(14-17)34-12-11-33-20)25(27(29)32-6-2)26-18-15-22(31-4)21(30-3)13-16(18)9-10-28(19)26/h7-8,13-15H,5-6,9-12H2,1-4H3. The number of aryl methyl sites for hydroxylation is 1. The number of rotatable bonds is 6. The SMILES string of the molecule is CCOC(=O)c1c(-c2ccc3c(c2)OCCO3)c(CC)n2c1-c1cc(OC)c(OC)cc1CC2. The molecule has 1 aromatic heterocycles. The van der Waals surface area contributed by atoms with Crippen LogP contribution in [0.1, 0.15) is 35.5 Å². The molecule has 0 atom stereocenters. The molecule has 3 aromatic rings. The summed E-state index contributed by atoms with van der Waals surface area (Å²) in [5.41, 5.74) is 6.40. The van der Waals surface area contributed by atoms with E-state index in [1.165, 1.54) is 0 Å². The molecule has 0 unspecified atom stereocenters. The molecule has 0 saturated carbocycles. The van der Waals surface area contributed by atoms with Crippen molar-refractivity contribution in [1.82, 2.24) is 4.57 Å². The van der Waals surface area contributed by atoms with Crippen molar-refractivity contribution >= 4 is 5.97 Å². The molecule has 178 valence electrons. The highest BCUT2D eigenvalue weighted by Gasteiger charge is 2.33. The van der Waals surface area contributed by atoms with Crippen LogP contribution in [0.15, 0.2) is 30.3 Å². The van der Waals surface area contributed by atoms with Gasteiger partial charge in [0.1, 0.15) is 13.2 Å². The fraction of sp³-hybridized carbons (Fsp3) is 0.370. The maximum atomic E-state index is 13.5. The van der Waals surface area contributed by atoms with Gasteiger partial charge in [-0.15, -0.1) is 0 Å². The second-order valence-corrected chi connectivity index (χ2v) is 8.24. The van der Waals surface area contributed by atoms with E-state index >= 15 is 0 Å². The number of methoxy groups -OCH3 is 2. The number of ether oxygens (including phenoxy) is 5. The van der Waals surface area contributed by atoms with Crippen LogP contribution in [0.4, 0.5) is 0 Å². The van der Waals surface area contributed by atoms with E-state index in [9.17, 15) is 4.79 Å². The van der Waals surface area contributed by atoms with Crippen molar-refractivity contribution in [2.75, 3.05) is 34.0 Å². The minimum absolute atomic E-state index is 0.296. The lowest BCUT2D eigenvalue weighted by atomic mass is 9.93. The van der Waals surface area contributed by atoms with Gasteiger partial charge in [0, 0.05) is 23.4 Å². The lowest BCUT2D eigenvalue weighted by molar-refractivity contribution is 0.0528. The van der Waals surface area contributed by atoms with Crippen molar-refractivity contribution < 1.29 is 28.5 Å². The quantitative estimate of drug-likeness (QED) is 0.484. The number of carbonyl (C=O) groups is 1. The molecule has 2 aromatic carbocycles. The first-order valence-corrected chi connectivity index (χ1v) is 11.7. The zero-order valence-corrected chi connectivity index (χ0v) is 20.0.